The number of carbonyl (C=O) groups excluding carboxylic acids is 1. The van der Waals surface area contributed by atoms with Crippen molar-refractivity contribution < 1.29 is 38.0 Å². The summed E-state index contributed by atoms with van der Waals surface area (Å²) in [5.41, 5.74) is 4.42. The standard InChI is InChI=1S/C27H32N2O8/c1-28-8-7-15-17(13-29-9-11-34-12-10-29)23-26(36-14-35-23)25(33-4)19(15)21(28)22-16-5-6-18(31-2)24(32-3)20(16)27(30)37-22/h5-6,21-22H,7-14H2,1-4H3/t21-,22?/m1/s1. The normalized spacial score (nSPS) is 22.9. The van der Waals surface area contributed by atoms with E-state index in [1.807, 2.05) is 19.2 Å². The molecule has 198 valence electrons. The maximum Gasteiger partial charge on any atom is 0.343 e. The van der Waals surface area contributed by atoms with Crippen LogP contribution < -0.4 is 23.7 Å². The van der Waals surface area contributed by atoms with Crippen LogP contribution in [0.25, 0.3) is 0 Å². The predicted octanol–water partition coefficient (Wildman–Crippen LogP) is 2.71. The zero-order chi connectivity index (χ0) is 25.7. The van der Waals surface area contributed by atoms with E-state index < -0.39 is 12.1 Å². The van der Waals surface area contributed by atoms with E-state index in [1.54, 1.807) is 14.2 Å². The van der Waals surface area contributed by atoms with Gasteiger partial charge in [-0.25, -0.2) is 4.79 Å². The summed E-state index contributed by atoms with van der Waals surface area (Å²) in [6.45, 7) is 4.79. The van der Waals surface area contributed by atoms with Crippen LogP contribution in [-0.2, 0) is 22.4 Å². The Hall–Kier alpha value is -3.21. The first-order chi connectivity index (χ1) is 18.1. The molecule has 2 aromatic rings. The van der Waals surface area contributed by atoms with Crippen LogP contribution in [0.15, 0.2) is 12.1 Å². The number of likely N-dealkylation sites (N-methyl/N-ethyl adjacent to an activating group) is 1. The number of morpholine rings is 1. The highest BCUT2D eigenvalue weighted by Crippen LogP contribution is 2.57. The smallest absolute Gasteiger partial charge is 0.343 e. The average Bonchev–Trinajstić information content (AvgIpc) is 3.53. The molecule has 1 unspecified atom stereocenters. The lowest BCUT2D eigenvalue weighted by atomic mass is 9.83. The SMILES string of the molecule is COc1ccc2c(c1OC)C(=O)OC2[C@H]1c2c(c(CN3CCOCC3)c3c(c2OC)OCO3)CCN1C. The highest BCUT2D eigenvalue weighted by atomic mass is 16.7. The fourth-order valence-electron chi connectivity index (χ4n) is 6.07. The molecule has 0 amide bonds. The maximum absolute atomic E-state index is 13.2. The zero-order valence-corrected chi connectivity index (χ0v) is 21.6. The molecule has 4 aliphatic rings. The highest BCUT2D eigenvalue weighted by Gasteiger charge is 2.47. The third-order valence-corrected chi connectivity index (χ3v) is 7.81. The Kier molecular flexibility index (Phi) is 6.26. The molecule has 1 saturated heterocycles. The highest BCUT2D eigenvalue weighted by molar-refractivity contribution is 5.98. The van der Waals surface area contributed by atoms with E-state index in [-0.39, 0.29) is 12.8 Å². The fraction of sp³-hybridized carbons (Fsp3) is 0.519. The number of hydrogen-bond acceptors (Lipinski definition) is 10. The summed E-state index contributed by atoms with van der Waals surface area (Å²) in [4.78, 5) is 17.8. The van der Waals surface area contributed by atoms with Crippen molar-refractivity contribution in [2.45, 2.75) is 25.1 Å². The minimum absolute atomic E-state index is 0.142. The van der Waals surface area contributed by atoms with Crippen molar-refractivity contribution in [3.05, 3.63) is 39.9 Å². The first-order valence-electron chi connectivity index (χ1n) is 12.5. The van der Waals surface area contributed by atoms with Gasteiger partial charge in [-0.2, -0.15) is 0 Å². The molecule has 2 atom stereocenters. The number of esters is 1. The van der Waals surface area contributed by atoms with Crippen LogP contribution >= 0.6 is 0 Å². The first-order valence-corrected chi connectivity index (χ1v) is 12.5. The second kappa shape index (κ2) is 9.59. The topological polar surface area (TPSA) is 88.2 Å². The number of ether oxygens (including phenoxy) is 7. The van der Waals surface area contributed by atoms with Gasteiger partial charge in [-0.3, -0.25) is 9.80 Å². The lowest BCUT2D eigenvalue weighted by Crippen LogP contribution is -2.39. The summed E-state index contributed by atoms with van der Waals surface area (Å²) >= 11 is 0. The van der Waals surface area contributed by atoms with Crippen molar-refractivity contribution in [2.75, 3.05) is 68.0 Å². The molecule has 0 N–H and O–H groups in total. The van der Waals surface area contributed by atoms with Crippen LogP contribution in [0.4, 0.5) is 0 Å². The van der Waals surface area contributed by atoms with Gasteiger partial charge in [0.25, 0.3) is 0 Å². The summed E-state index contributed by atoms with van der Waals surface area (Å²) < 4.78 is 40.6. The van der Waals surface area contributed by atoms with Crippen LogP contribution in [0, 0.1) is 0 Å². The van der Waals surface area contributed by atoms with Crippen LogP contribution in [-0.4, -0.2) is 83.8 Å². The van der Waals surface area contributed by atoms with Crippen molar-refractivity contribution in [1.29, 1.82) is 0 Å². The van der Waals surface area contributed by atoms with Gasteiger partial charge < -0.3 is 33.2 Å². The fourth-order valence-corrected chi connectivity index (χ4v) is 6.07. The number of cyclic esters (lactones) is 1. The van der Waals surface area contributed by atoms with E-state index in [0.717, 1.165) is 55.0 Å². The van der Waals surface area contributed by atoms with Gasteiger partial charge in [-0.05, 0) is 25.1 Å². The van der Waals surface area contributed by atoms with E-state index in [4.69, 9.17) is 33.2 Å². The first kappa shape index (κ1) is 24.1. The Labute approximate surface area is 215 Å². The third-order valence-electron chi connectivity index (χ3n) is 7.81. The molecule has 0 spiro atoms. The number of hydrogen-bond donors (Lipinski definition) is 0. The number of fused-ring (bicyclic) bond motifs is 3. The van der Waals surface area contributed by atoms with Gasteiger partial charge >= 0.3 is 5.97 Å². The molecular formula is C27H32N2O8. The molecule has 4 aliphatic heterocycles. The third kappa shape index (κ3) is 3.77. The molecule has 1 fully saturated rings. The van der Waals surface area contributed by atoms with Crippen LogP contribution in [0.5, 0.6) is 28.7 Å². The van der Waals surface area contributed by atoms with Gasteiger partial charge in [0, 0.05) is 42.9 Å². The van der Waals surface area contributed by atoms with Gasteiger partial charge in [-0.1, -0.05) is 6.07 Å². The van der Waals surface area contributed by atoms with Crippen LogP contribution in [0.1, 0.15) is 44.8 Å². The molecule has 0 bridgehead atoms. The van der Waals surface area contributed by atoms with Crippen molar-refractivity contribution in [2.24, 2.45) is 0 Å². The van der Waals surface area contributed by atoms with Gasteiger partial charge in [0.2, 0.25) is 12.5 Å². The summed E-state index contributed by atoms with van der Waals surface area (Å²) in [6.07, 6.45) is 0.255. The second-order valence-corrected chi connectivity index (χ2v) is 9.62. The van der Waals surface area contributed by atoms with Gasteiger partial charge in [-0.15, -0.1) is 0 Å². The molecule has 4 heterocycles. The van der Waals surface area contributed by atoms with Crippen LogP contribution in [0.3, 0.4) is 0 Å². The van der Waals surface area contributed by atoms with Gasteiger partial charge in [0.05, 0.1) is 40.6 Å². The molecule has 0 aromatic heterocycles. The number of methoxy groups -OCH3 is 3. The number of carbonyl (C=O) groups is 1. The lowest BCUT2D eigenvalue weighted by Gasteiger charge is -2.40. The van der Waals surface area contributed by atoms with Gasteiger partial charge in [0.15, 0.2) is 23.0 Å². The van der Waals surface area contributed by atoms with E-state index in [9.17, 15) is 4.79 Å². The van der Waals surface area contributed by atoms with Crippen molar-refractivity contribution >= 4 is 5.97 Å². The maximum atomic E-state index is 13.2. The number of nitrogens with zero attached hydrogens (tertiary/aromatic N) is 2. The predicted molar refractivity (Wildman–Crippen MR) is 132 cm³/mol. The van der Waals surface area contributed by atoms with Crippen molar-refractivity contribution in [3.8, 4) is 28.7 Å². The molecule has 6 rings (SSSR count). The molecule has 10 heteroatoms. The molecule has 10 nitrogen and oxygen atoms in total. The summed E-state index contributed by atoms with van der Waals surface area (Å²) in [6, 6.07) is 3.42. The summed E-state index contributed by atoms with van der Waals surface area (Å²) in [7, 11) is 6.78. The Balaban J connectivity index is 1.51. The monoisotopic (exact) mass is 512 g/mol. The second-order valence-electron chi connectivity index (χ2n) is 9.62. The van der Waals surface area contributed by atoms with E-state index >= 15 is 0 Å². The molecule has 0 saturated carbocycles. The van der Waals surface area contributed by atoms with Gasteiger partial charge in [0.1, 0.15) is 11.7 Å². The molecule has 37 heavy (non-hydrogen) atoms. The molecule has 0 aliphatic carbocycles. The Bertz CT molecular complexity index is 1230. The summed E-state index contributed by atoms with van der Waals surface area (Å²) in [5.74, 6) is 2.45. The minimum atomic E-state index is -0.558. The quantitative estimate of drug-likeness (QED) is 0.539. The van der Waals surface area contributed by atoms with Crippen molar-refractivity contribution in [3.63, 3.8) is 0 Å². The number of benzene rings is 2. The lowest BCUT2D eigenvalue weighted by molar-refractivity contribution is 0.00853. The average molecular weight is 513 g/mol. The molecular weight excluding hydrogens is 480 g/mol. The number of rotatable bonds is 6. The Morgan fingerprint density at radius 2 is 1.73 bits per heavy atom. The van der Waals surface area contributed by atoms with E-state index in [0.29, 0.717) is 41.8 Å². The van der Waals surface area contributed by atoms with E-state index in [1.165, 1.54) is 12.7 Å². The molecule has 2 aromatic carbocycles. The van der Waals surface area contributed by atoms with Crippen LogP contribution in [0.2, 0.25) is 0 Å². The molecule has 0 radical (unpaired) electrons. The Morgan fingerprint density at radius 3 is 2.46 bits per heavy atom. The van der Waals surface area contributed by atoms with E-state index in [2.05, 4.69) is 9.80 Å². The minimum Gasteiger partial charge on any atom is -0.493 e. The zero-order valence-electron chi connectivity index (χ0n) is 21.6. The Morgan fingerprint density at radius 1 is 0.973 bits per heavy atom. The van der Waals surface area contributed by atoms with Crippen molar-refractivity contribution in [1.82, 2.24) is 9.80 Å². The largest absolute Gasteiger partial charge is 0.493 e. The summed E-state index contributed by atoms with van der Waals surface area (Å²) in [5, 5.41) is 0.